The largest absolute Gasteiger partial charge is 0.470 e. The van der Waals surface area contributed by atoms with Crippen LogP contribution in [0.15, 0.2) is 0 Å². The summed E-state index contributed by atoms with van der Waals surface area (Å²) in [5.41, 5.74) is 0. The van der Waals surface area contributed by atoms with Crippen molar-refractivity contribution in [3.63, 3.8) is 0 Å². The maximum atomic E-state index is 15.0. The van der Waals surface area contributed by atoms with Gasteiger partial charge in [-0.1, -0.05) is 388 Å². The molecule has 5 unspecified atom stereocenters. The Labute approximate surface area is 729 Å². The zero-order valence-electron chi connectivity index (χ0n) is 77.0. The Hall–Kier alpha value is -3.35. The summed E-state index contributed by atoms with van der Waals surface area (Å²) in [6.07, 6.45) is 46.7. The predicted molar refractivity (Wildman–Crippen MR) is 478 cm³/mol. The van der Waals surface area contributed by atoms with Gasteiger partial charge in [0, 0.05) is 19.3 Å². The van der Waals surface area contributed by atoms with Crippen molar-refractivity contribution in [1.82, 2.24) is 10.6 Å². The summed E-state index contributed by atoms with van der Waals surface area (Å²) in [5, 5.41) is 51.8. The van der Waals surface area contributed by atoms with E-state index >= 15 is 4.79 Å². The number of aliphatic hydroxyl groups excluding tert-OH is 4. The fourth-order valence-electron chi connectivity index (χ4n) is 16.7. The fourth-order valence-corrected chi connectivity index (χ4v) is 17.3. The Kier molecular flexibility index (Phi) is 72.2. The predicted octanol–water partition coefficient (Wildman–Crippen LogP) is 22.3. The summed E-state index contributed by atoms with van der Waals surface area (Å²) in [7, 11) is -5.58. The van der Waals surface area contributed by atoms with Crippen LogP contribution < -0.4 is 10.6 Å². The maximum absolute atomic E-state index is 15.0. The van der Waals surface area contributed by atoms with Crippen LogP contribution in [-0.4, -0.2) is 159 Å². The van der Waals surface area contributed by atoms with E-state index in [1.165, 1.54) is 173 Å². The number of aliphatic hydroxyl groups is 4. The number of nitrogens with one attached hydrogen (secondary N) is 2. The lowest BCUT2D eigenvalue weighted by Gasteiger charge is -2.46. The Morgan fingerprint density at radius 2 is 0.608 bits per heavy atom. The second kappa shape index (κ2) is 76.8. The molecule has 23 nitrogen and oxygen atoms in total. The molecular formula is C96H181N2O21P. The lowest BCUT2D eigenvalue weighted by Crippen LogP contribution is -2.67. The van der Waals surface area contributed by atoms with E-state index in [9.17, 15) is 58.8 Å². The average Bonchev–Trinajstić information content (AvgIpc) is 0.750. The molecule has 120 heavy (non-hydrogen) atoms. The number of amides is 2. The van der Waals surface area contributed by atoms with Gasteiger partial charge in [0.25, 0.3) is 0 Å². The van der Waals surface area contributed by atoms with Crippen molar-refractivity contribution in [1.29, 1.82) is 0 Å². The summed E-state index contributed by atoms with van der Waals surface area (Å²) in [6.45, 7) is 11.4. The molecule has 2 heterocycles. The van der Waals surface area contributed by atoms with Crippen LogP contribution in [0.3, 0.4) is 0 Å². The molecule has 0 aromatic heterocycles. The Balaban J connectivity index is 2.58. The molecule has 2 amide bonds. The molecule has 0 spiro atoms. The number of phosphoric acid groups is 1. The molecule has 2 aliphatic rings. The highest BCUT2D eigenvalue weighted by molar-refractivity contribution is 7.46. The molecule has 706 valence electrons. The number of esters is 4. The van der Waals surface area contributed by atoms with Crippen molar-refractivity contribution >= 4 is 43.5 Å². The van der Waals surface area contributed by atoms with E-state index in [4.69, 9.17) is 37.7 Å². The number of ether oxygens (including phenoxy) is 7. The highest BCUT2D eigenvalue weighted by Gasteiger charge is 2.53. The number of hydrogen-bond acceptors (Lipinski definition) is 19. The Bertz CT molecular complexity index is 2510. The van der Waals surface area contributed by atoms with Crippen molar-refractivity contribution in [2.45, 2.75) is 564 Å². The quantitative estimate of drug-likeness (QED) is 0.0121. The third-order valence-corrected chi connectivity index (χ3v) is 24.6. The summed E-state index contributed by atoms with van der Waals surface area (Å²) >= 11 is 0. The van der Waals surface area contributed by atoms with E-state index in [1.807, 2.05) is 0 Å². The molecule has 13 atom stereocenters. The van der Waals surface area contributed by atoms with Crippen LogP contribution in [0.5, 0.6) is 0 Å². The van der Waals surface area contributed by atoms with Gasteiger partial charge < -0.3 is 74.0 Å². The fraction of sp³-hybridized carbons (Fsp3) is 0.938. The van der Waals surface area contributed by atoms with Gasteiger partial charge in [-0.15, -0.1) is 0 Å². The van der Waals surface area contributed by atoms with Gasteiger partial charge in [-0.25, -0.2) is 4.57 Å². The van der Waals surface area contributed by atoms with Gasteiger partial charge >= 0.3 is 31.7 Å². The van der Waals surface area contributed by atoms with E-state index in [-0.39, 0.29) is 32.1 Å². The minimum absolute atomic E-state index is 0.124. The molecule has 2 saturated heterocycles. The number of carbonyl (C=O) groups excluding carboxylic acids is 6. The van der Waals surface area contributed by atoms with Crippen LogP contribution in [0.2, 0.25) is 0 Å². The summed E-state index contributed by atoms with van der Waals surface area (Å²) in [6, 6.07) is -3.37. The Morgan fingerprint density at radius 3 is 0.900 bits per heavy atom. The van der Waals surface area contributed by atoms with Crippen molar-refractivity contribution in [2.24, 2.45) is 0 Å². The average molecular weight is 1730 g/mol. The number of unbranched alkanes of at least 4 members (excludes halogenated alkanes) is 54. The minimum atomic E-state index is -5.58. The molecule has 24 heteroatoms. The second-order valence-electron chi connectivity index (χ2n) is 35.5. The summed E-state index contributed by atoms with van der Waals surface area (Å²) in [5.74, 6) is -3.84. The van der Waals surface area contributed by atoms with Gasteiger partial charge in [-0.3, -0.25) is 33.3 Å². The molecule has 0 bridgehead atoms. The topological polar surface area (TPSA) is 339 Å². The van der Waals surface area contributed by atoms with Gasteiger partial charge in [0.05, 0.1) is 32.5 Å². The smallest absolute Gasteiger partial charge is 0.462 e. The first kappa shape index (κ1) is 113. The van der Waals surface area contributed by atoms with Gasteiger partial charge in [-0.05, 0) is 57.8 Å². The standard InChI is InChI=1S/C96H181N2O21P/c1-7-13-19-25-31-37-40-46-52-58-64-70-85(102)113-78(67-61-55-49-43-34-28-22-16-10-4)73-83(100)97-89-92(107)91(106)82(116-95(89)108)77-112-96-90(98-84(101)74-79(68-62-56-50-44-35-29-23-17-11-5)114-86(103)71-65-59-53-47-41-38-32-26-20-14-8-2)94(93(81(76-99)117-96)119-120(109,110)111)118-88(105)75-80(69-63-57-51-45-36-30-24-18-12-6)115-87(104)72-66-60-54-48-42-39-33-27-21-15-9-3/h78-82,89-96,99,106-108H,7-77H2,1-6H3,(H,97,100)(H,98,101)(H2,109,110,111)/t78-,79-,80-,81?,82?,89?,90+,91-,92-,93-,94?,95?,96-/m1/s1. The first-order valence-electron chi connectivity index (χ1n) is 49.9. The third kappa shape index (κ3) is 60.3. The maximum Gasteiger partial charge on any atom is 0.470 e. The van der Waals surface area contributed by atoms with Crippen molar-refractivity contribution in [3.8, 4) is 0 Å². The SMILES string of the molecule is CCCCCCCCCCCCCC(=O)O[C@H](CCCCCCCCCCC)CC(=O)NC1C(O)OC(CO[C@@H]2OC(CO)[C@@H](OP(=O)(O)O)C(OC(=O)C[C@@H](CCCCCCCCCCC)OC(=O)CCCCCCCCCCCCC)[C@@H]2NC(=O)C[C@@H](CCCCCCCCCCC)OC(=O)CCCCCCCCCCCCC)[C@@H](O)[C@@H]1O. The summed E-state index contributed by atoms with van der Waals surface area (Å²) < 4.78 is 61.5. The molecule has 8 N–H and O–H groups in total. The van der Waals surface area contributed by atoms with Crippen LogP contribution in [0, 0.1) is 0 Å². The first-order chi connectivity index (χ1) is 58.2. The lowest BCUT2D eigenvalue weighted by molar-refractivity contribution is -0.297. The zero-order chi connectivity index (χ0) is 87.7. The highest BCUT2D eigenvalue weighted by Crippen LogP contribution is 2.43. The molecular weight excluding hydrogens is 1550 g/mol. The summed E-state index contributed by atoms with van der Waals surface area (Å²) in [4.78, 5) is 106. The van der Waals surface area contributed by atoms with Crippen LogP contribution in [-0.2, 0) is 71.0 Å². The van der Waals surface area contributed by atoms with Gasteiger partial charge in [0.2, 0.25) is 11.8 Å². The van der Waals surface area contributed by atoms with Crippen molar-refractivity contribution in [3.05, 3.63) is 0 Å². The second-order valence-corrected chi connectivity index (χ2v) is 36.7. The van der Waals surface area contributed by atoms with E-state index < -0.39 is 149 Å². The number of phosphoric ester groups is 1. The van der Waals surface area contributed by atoms with Gasteiger partial charge in [0.1, 0.15) is 60.9 Å². The first-order valence-corrected chi connectivity index (χ1v) is 51.4. The number of hydrogen-bond donors (Lipinski definition) is 8. The zero-order valence-corrected chi connectivity index (χ0v) is 77.9. The monoisotopic (exact) mass is 1730 g/mol. The van der Waals surface area contributed by atoms with E-state index in [1.54, 1.807) is 0 Å². The molecule has 0 aromatic carbocycles. The van der Waals surface area contributed by atoms with Gasteiger partial charge in [-0.2, -0.15) is 0 Å². The molecule has 0 radical (unpaired) electrons. The lowest BCUT2D eigenvalue weighted by atomic mass is 9.95. The number of rotatable bonds is 84. The van der Waals surface area contributed by atoms with Gasteiger partial charge in [0.15, 0.2) is 18.7 Å². The molecule has 0 aromatic rings. The minimum Gasteiger partial charge on any atom is -0.462 e. The van der Waals surface area contributed by atoms with E-state index in [0.717, 1.165) is 173 Å². The normalized spacial score (nSPS) is 20.2. The Morgan fingerprint density at radius 1 is 0.333 bits per heavy atom. The van der Waals surface area contributed by atoms with Crippen LogP contribution >= 0.6 is 7.82 Å². The molecule has 2 fully saturated rings. The van der Waals surface area contributed by atoms with Crippen molar-refractivity contribution < 1.29 is 101 Å². The van der Waals surface area contributed by atoms with E-state index in [2.05, 4.69) is 52.2 Å². The third-order valence-electron chi connectivity index (χ3n) is 24.1. The van der Waals surface area contributed by atoms with Crippen LogP contribution in [0.1, 0.15) is 485 Å². The van der Waals surface area contributed by atoms with E-state index in [0.29, 0.717) is 51.4 Å². The van der Waals surface area contributed by atoms with Crippen LogP contribution in [0.25, 0.3) is 0 Å². The molecule has 2 rings (SSSR count). The molecule has 0 saturated carbocycles. The number of carbonyl (C=O) groups is 6. The van der Waals surface area contributed by atoms with Crippen molar-refractivity contribution in [2.75, 3.05) is 13.2 Å². The highest BCUT2D eigenvalue weighted by atomic mass is 31.2. The van der Waals surface area contributed by atoms with Crippen LogP contribution in [0.4, 0.5) is 0 Å². The molecule has 2 aliphatic heterocycles. The molecule has 0 aliphatic carbocycles.